The number of fused-ring (bicyclic) bond motifs is 1. The van der Waals surface area contributed by atoms with Crippen molar-refractivity contribution in [2.24, 2.45) is 5.14 Å². The molecule has 1 atom stereocenters. The Balaban J connectivity index is 2.67. The molecule has 0 fully saturated rings. The number of hydrogen-bond donors (Lipinski definition) is 1. The Hall–Kier alpha value is -0.440. The van der Waals surface area contributed by atoms with E-state index >= 15 is 0 Å². The summed E-state index contributed by atoms with van der Waals surface area (Å²) in [5.74, 6) is 0. The maximum absolute atomic E-state index is 11.9. The molecule has 0 radical (unpaired) electrons. The van der Waals surface area contributed by atoms with E-state index in [0.29, 0.717) is 18.4 Å². The summed E-state index contributed by atoms with van der Waals surface area (Å²) in [6, 6.07) is 1.37. The molecule has 1 aliphatic rings. The molecule has 2 rings (SSSR count). The molecule has 0 amide bonds. The Kier molecular flexibility index (Phi) is 2.65. The molecule has 0 spiro atoms. The van der Waals surface area contributed by atoms with Gasteiger partial charge in [0.15, 0.2) is 9.84 Å². The molecular weight excluding hydrogens is 270 g/mol. The van der Waals surface area contributed by atoms with E-state index in [1.54, 1.807) is 6.92 Å². The van der Waals surface area contributed by atoms with Crippen LogP contribution < -0.4 is 5.14 Å². The van der Waals surface area contributed by atoms with Gasteiger partial charge in [-0.1, -0.05) is 0 Å². The van der Waals surface area contributed by atoms with Crippen LogP contribution in [0.3, 0.4) is 0 Å². The van der Waals surface area contributed by atoms with Gasteiger partial charge in [0.1, 0.15) is 8.42 Å². The Labute approximate surface area is 98.3 Å². The summed E-state index contributed by atoms with van der Waals surface area (Å²) in [6.45, 7) is 1.63. The lowest BCUT2D eigenvalue weighted by atomic mass is 10.1. The van der Waals surface area contributed by atoms with E-state index in [0.717, 1.165) is 11.3 Å². The van der Waals surface area contributed by atoms with Gasteiger partial charge in [-0.05, 0) is 31.4 Å². The van der Waals surface area contributed by atoms with Gasteiger partial charge in [0.2, 0.25) is 10.0 Å². The fourth-order valence-electron chi connectivity index (χ4n) is 1.64. The number of rotatable bonds is 1. The number of thiophene rings is 1. The van der Waals surface area contributed by atoms with Crippen LogP contribution >= 0.6 is 11.3 Å². The van der Waals surface area contributed by atoms with Gasteiger partial charge < -0.3 is 0 Å². The highest BCUT2D eigenvalue weighted by Gasteiger charge is 2.34. The van der Waals surface area contributed by atoms with Crippen molar-refractivity contribution in [1.82, 2.24) is 0 Å². The lowest BCUT2D eigenvalue weighted by molar-refractivity contribution is 0.570. The van der Waals surface area contributed by atoms with Gasteiger partial charge in [0.05, 0.1) is 5.25 Å². The largest absolute Gasteiger partial charge is 0.247 e. The van der Waals surface area contributed by atoms with E-state index in [9.17, 15) is 16.8 Å². The minimum atomic E-state index is -3.81. The van der Waals surface area contributed by atoms with Crippen molar-refractivity contribution in [3.63, 3.8) is 0 Å². The summed E-state index contributed by atoms with van der Waals surface area (Å²) in [5.41, 5.74) is 0.576. The van der Waals surface area contributed by atoms with Crippen molar-refractivity contribution in [1.29, 1.82) is 0 Å². The lowest BCUT2D eigenvalue weighted by Crippen LogP contribution is -2.23. The molecule has 0 aliphatic carbocycles. The van der Waals surface area contributed by atoms with Crippen LogP contribution in [0.1, 0.15) is 18.9 Å². The predicted molar refractivity (Wildman–Crippen MR) is 60.7 cm³/mol. The number of hydrogen-bond acceptors (Lipinski definition) is 5. The van der Waals surface area contributed by atoms with Crippen molar-refractivity contribution in [3.05, 3.63) is 11.6 Å². The minimum Gasteiger partial charge on any atom is -0.224 e. The lowest BCUT2D eigenvalue weighted by Gasteiger charge is -2.17. The Morgan fingerprint density at radius 2 is 2.12 bits per heavy atom. The monoisotopic (exact) mass is 281 g/mol. The van der Waals surface area contributed by atoms with E-state index in [1.807, 2.05) is 0 Å². The van der Waals surface area contributed by atoms with Crippen LogP contribution in [0.4, 0.5) is 0 Å². The summed E-state index contributed by atoms with van der Waals surface area (Å²) in [5, 5.41) is 4.53. The molecule has 0 saturated heterocycles. The van der Waals surface area contributed by atoms with E-state index in [2.05, 4.69) is 0 Å². The van der Waals surface area contributed by atoms with Crippen molar-refractivity contribution in [2.45, 2.75) is 33.4 Å². The Morgan fingerprint density at radius 1 is 1.50 bits per heavy atom. The fraction of sp³-hybridized carbons (Fsp3) is 0.500. The van der Waals surface area contributed by atoms with E-state index in [-0.39, 0.29) is 8.42 Å². The molecule has 5 nitrogen and oxygen atoms in total. The topological polar surface area (TPSA) is 94.3 Å². The van der Waals surface area contributed by atoms with Crippen molar-refractivity contribution in [3.8, 4) is 0 Å². The molecule has 0 saturated carbocycles. The Morgan fingerprint density at radius 3 is 2.69 bits per heavy atom. The van der Waals surface area contributed by atoms with Gasteiger partial charge in [-0.3, -0.25) is 0 Å². The van der Waals surface area contributed by atoms with Crippen LogP contribution in [0.25, 0.3) is 0 Å². The highest BCUT2D eigenvalue weighted by atomic mass is 32.3. The molecule has 1 aliphatic heterocycles. The van der Waals surface area contributed by atoms with Crippen LogP contribution in [0, 0.1) is 0 Å². The summed E-state index contributed by atoms with van der Waals surface area (Å²) in [4.78, 5) is 0. The molecule has 16 heavy (non-hydrogen) atoms. The predicted octanol–water partition coefficient (Wildman–Crippen LogP) is 0.504. The highest BCUT2D eigenvalue weighted by Crippen LogP contribution is 2.37. The van der Waals surface area contributed by atoms with Crippen molar-refractivity contribution >= 4 is 31.2 Å². The van der Waals surface area contributed by atoms with E-state index in [1.165, 1.54) is 6.07 Å². The zero-order chi connectivity index (χ0) is 12.1. The maximum atomic E-state index is 11.9. The summed E-state index contributed by atoms with van der Waals surface area (Å²) < 4.78 is 46.2. The third kappa shape index (κ3) is 1.79. The second-order valence-corrected chi connectivity index (χ2v) is 9.22. The smallest absolute Gasteiger partial charge is 0.224 e. The van der Waals surface area contributed by atoms with Crippen LogP contribution in [-0.4, -0.2) is 22.1 Å². The van der Waals surface area contributed by atoms with Gasteiger partial charge >= 0.3 is 0 Å². The third-order valence-electron chi connectivity index (χ3n) is 2.64. The van der Waals surface area contributed by atoms with Gasteiger partial charge in [-0.2, -0.15) is 0 Å². The second kappa shape index (κ2) is 3.52. The second-order valence-electron chi connectivity index (χ2n) is 3.82. The molecule has 0 bridgehead atoms. The molecular formula is C8H11NO4S3. The molecule has 2 heterocycles. The fourth-order valence-corrected chi connectivity index (χ4v) is 6.04. The third-order valence-corrected chi connectivity index (χ3v) is 8.05. The first kappa shape index (κ1) is 12.0. The van der Waals surface area contributed by atoms with Gasteiger partial charge in [0.25, 0.3) is 0 Å². The van der Waals surface area contributed by atoms with Gasteiger partial charge in [-0.25, -0.2) is 22.0 Å². The van der Waals surface area contributed by atoms with Gasteiger partial charge in [-0.15, -0.1) is 11.3 Å². The molecule has 0 aromatic carbocycles. The quantitative estimate of drug-likeness (QED) is 0.811. The summed E-state index contributed by atoms with van der Waals surface area (Å²) in [6.07, 6.45) is 1.11. The summed E-state index contributed by atoms with van der Waals surface area (Å²) in [7, 11) is -7.17. The SMILES string of the molecule is CC1CCc2cc(S(N)(=O)=O)sc2S1(=O)=O. The average molecular weight is 281 g/mol. The average Bonchev–Trinajstić information content (AvgIpc) is 2.56. The molecule has 8 heteroatoms. The standard InChI is InChI=1S/C8H11NO4S3/c1-5-2-3-6-4-7(16(9,12)13)14-8(6)15(5,10)11/h4-5H,2-3H2,1H3,(H2,9,12,13). The first-order valence-electron chi connectivity index (χ1n) is 4.62. The Bertz CT molecular complexity index is 626. The minimum absolute atomic E-state index is 0.0739. The first-order chi connectivity index (χ1) is 7.23. The first-order valence-corrected chi connectivity index (χ1v) is 8.53. The summed E-state index contributed by atoms with van der Waals surface area (Å²) >= 11 is 0.752. The molecule has 1 aromatic heterocycles. The van der Waals surface area contributed by atoms with E-state index in [4.69, 9.17) is 5.14 Å². The number of sulfone groups is 1. The normalized spacial score (nSPS) is 24.0. The number of nitrogens with two attached hydrogens (primary N) is 1. The van der Waals surface area contributed by atoms with Crippen LogP contribution in [-0.2, 0) is 26.3 Å². The van der Waals surface area contributed by atoms with Crippen molar-refractivity contribution < 1.29 is 16.8 Å². The van der Waals surface area contributed by atoms with Gasteiger partial charge in [0, 0.05) is 0 Å². The molecule has 90 valence electrons. The number of sulfonamides is 1. The number of primary sulfonamides is 1. The van der Waals surface area contributed by atoms with Crippen LogP contribution in [0.15, 0.2) is 14.5 Å². The zero-order valence-electron chi connectivity index (χ0n) is 8.50. The van der Waals surface area contributed by atoms with Crippen LogP contribution in [0.2, 0.25) is 0 Å². The van der Waals surface area contributed by atoms with Crippen molar-refractivity contribution in [2.75, 3.05) is 0 Å². The maximum Gasteiger partial charge on any atom is 0.247 e. The molecule has 2 N–H and O–H groups in total. The number of aryl methyl sites for hydroxylation is 1. The highest BCUT2D eigenvalue weighted by molar-refractivity contribution is 7.95. The van der Waals surface area contributed by atoms with Crippen LogP contribution in [0.5, 0.6) is 0 Å². The zero-order valence-corrected chi connectivity index (χ0v) is 11.0. The van der Waals surface area contributed by atoms with E-state index < -0.39 is 25.1 Å². The molecule has 1 unspecified atom stereocenters. The molecule has 1 aromatic rings.